The Bertz CT molecular complexity index is 425. The summed E-state index contributed by atoms with van der Waals surface area (Å²) in [6, 6.07) is 8.07. The van der Waals surface area contributed by atoms with Crippen molar-refractivity contribution < 1.29 is 9.53 Å². The summed E-state index contributed by atoms with van der Waals surface area (Å²) in [5.41, 5.74) is 0.696. The summed E-state index contributed by atoms with van der Waals surface area (Å²) in [4.78, 5) is 14.7. The van der Waals surface area contributed by atoms with Crippen LogP contribution in [0.15, 0.2) is 24.3 Å². The predicted molar refractivity (Wildman–Crippen MR) is 76.8 cm³/mol. The van der Waals surface area contributed by atoms with Gasteiger partial charge < -0.3 is 4.74 Å². The van der Waals surface area contributed by atoms with Gasteiger partial charge in [0, 0.05) is 6.04 Å². The first-order valence-corrected chi connectivity index (χ1v) is 7.16. The third kappa shape index (κ3) is 3.35. The highest BCUT2D eigenvalue weighted by atomic mass is 16.5. The molecule has 1 aromatic carbocycles. The zero-order valence-electron chi connectivity index (χ0n) is 11.9. The van der Waals surface area contributed by atoms with E-state index in [-0.39, 0.29) is 5.78 Å². The Labute approximate surface area is 115 Å². The lowest BCUT2D eigenvalue weighted by atomic mass is 10.1. The van der Waals surface area contributed by atoms with Gasteiger partial charge in [0.1, 0.15) is 5.75 Å². The lowest BCUT2D eigenvalue weighted by Gasteiger charge is -2.26. The number of ether oxygens (including phenoxy) is 1. The minimum atomic E-state index is 0.159. The highest BCUT2D eigenvalue weighted by Gasteiger charge is 2.24. The highest BCUT2D eigenvalue weighted by Crippen LogP contribution is 2.24. The van der Waals surface area contributed by atoms with Gasteiger partial charge in [0.25, 0.3) is 0 Å². The summed E-state index contributed by atoms with van der Waals surface area (Å²) in [5, 5.41) is 0. The molecule has 3 nitrogen and oxygen atoms in total. The number of carbonyl (C=O) groups is 1. The third-order valence-corrected chi connectivity index (χ3v) is 4.00. The van der Waals surface area contributed by atoms with Gasteiger partial charge in [0.15, 0.2) is 5.78 Å². The van der Waals surface area contributed by atoms with Crippen molar-refractivity contribution in [2.24, 2.45) is 0 Å². The molecular weight excluding hydrogens is 238 g/mol. The van der Waals surface area contributed by atoms with Crippen LogP contribution >= 0.6 is 0 Å². The monoisotopic (exact) mass is 261 g/mol. The van der Waals surface area contributed by atoms with E-state index >= 15 is 0 Å². The van der Waals surface area contributed by atoms with Crippen LogP contribution in [0.2, 0.25) is 0 Å². The standard InChI is InChI=1S/C16H23NO2/c1-3-17(13-8-4-5-9-13)12-15(18)14-10-6-7-11-16(14)19-2/h6-7,10-11,13H,3-5,8-9,12H2,1-2H3. The number of likely N-dealkylation sites (N-methyl/N-ethyl adjacent to an activating group) is 1. The Morgan fingerprint density at radius 3 is 2.63 bits per heavy atom. The maximum Gasteiger partial charge on any atom is 0.180 e. The van der Waals surface area contributed by atoms with Gasteiger partial charge in [-0.15, -0.1) is 0 Å². The first kappa shape index (κ1) is 14.1. The van der Waals surface area contributed by atoms with E-state index in [1.807, 2.05) is 24.3 Å². The number of benzene rings is 1. The second-order valence-electron chi connectivity index (χ2n) is 5.12. The zero-order valence-corrected chi connectivity index (χ0v) is 11.9. The number of hydrogen-bond acceptors (Lipinski definition) is 3. The molecule has 0 aromatic heterocycles. The van der Waals surface area contributed by atoms with Gasteiger partial charge in [-0.2, -0.15) is 0 Å². The van der Waals surface area contributed by atoms with Crippen molar-refractivity contribution in [2.45, 2.75) is 38.6 Å². The van der Waals surface area contributed by atoms with Crippen molar-refractivity contribution in [2.75, 3.05) is 20.2 Å². The van der Waals surface area contributed by atoms with Crippen LogP contribution in [0.3, 0.4) is 0 Å². The molecule has 1 aliphatic carbocycles. The van der Waals surface area contributed by atoms with E-state index in [9.17, 15) is 4.79 Å². The van der Waals surface area contributed by atoms with E-state index in [4.69, 9.17) is 4.74 Å². The normalized spacial score (nSPS) is 15.9. The third-order valence-electron chi connectivity index (χ3n) is 4.00. The summed E-state index contributed by atoms with van der Waals surface area (Å²) < 4.78 is 5.27. The fourth-order valence-corrected chi connectivity index (χ4v) is 2.91. The minimum Gasteiger partial charge on any atom is -0.496 e. The molecule has 0 radical (unpaired) electrons. The van der Waals surface area contributed by atoms with Crippen LogP contribution in [-0.2, 0) is 0 Å². The van der Waals surface area contributed by atoms with Gasteiger partial charge in [0.2, 0.25) is 0 Å². The SMILES string of the molecule is CCN(CC(=O)c1ccccc1OC)C1CCCC1. The largest absolute Gasteiger partial charge is 0.496 e. The molecule has 2 rings (SSSR count). The number of ketones is 1. The fraction of sp³-hybridized carbons (Fsp3) is 0.562. The molecule has 1 aliphatic rings. The average molecular weight is 261 g/mol. The van der Waals surface area contributed by atoms with Gasteiger partial charge in [-0.1, -0.05) is 31.9 Å². The van der Waals surface area contributed by atoms with Crippen molar-refractivity contribution in [3.05, 3.63) is 29.8 Å². The molecule has 0 saturated heterocycles. The molecule has 19 heavy (non-hydrogen) atoms. The molecule has 0 atom stereocenters. The van der Waals surface area contributed by atoms with E-state index in [2.05, 4.69) is 11.8 Å². The molecular formula is C16H23NO2. The number of nitrogens with zero attached hydrogens (tertiary/aromatic N) is 1. The summed E-state index contributed by atoms with van der Waals surface area (Å²) in [6.07, 6.45) is 5.05. The van der Waals surface area contributed by atoms with Crippen molar-refractivity contribution in [3.63, 3.8) is 0 Å². The van der Waals surface area contributed by atoms with Crippen LogP contribution in [-0.4, -0.2) is 36.9 Å². The molecule has 0 spiro atoms. The average Bonchev–Trinajstić information content (AvgIpc) is 2.98. The Morgan fingerprint density at radius 2 is 2.00 bits per heavy atom. The minimum absolute atomic E-state index is 0.159. The lowest BCUT2D eigenvalue weighted by Crippen LogP contribution is -2.37. The summed E-state index contributed by atoms with van der Waals surface area (Å²) in [6.45, 7) is 3.57. The van der Waals surface area contributed by atoms with Gasteiger partial charge >= 0.3 is 0 Å². The second-order valence-corrected chi connectivity index (χ2v) is 5.12. The maximum absolute atomic E-state index is 12.4. The van der Waals surface area contributed by atoms with E-state index in [0.29, 0.717) is 23.9 Å². The van der Waals surface area contributed by atoms with Crippen molar-refractivity contribution >= 4 is 5.78 Å². The smallest absolute Gasteiger partial charge is 0.180 e. The van der Waals surface area contributed by atoms with Gasteiger partial charge in [-0.25, -0.2) is 0 Å². The summed E-state index contributed by atoms with van der Waals surface area (Å²) in [5.74, 6) is 0.834. The fourth-order valence-electron chi connectivity index (χ4n) is 2.91. The van der Waals surface area contributed by atoms with Gasteiger partial charge in [0.05, 0.1) is 19.2 Å². The van der Waals surface area contributed by atoms with Crippen LogP contribution < -0.4 is 4.74 Å². The summed E-state index contributed by atoms with van der Waals surface area (Å²) >= 11 is 0. The molecule has 1 saturated carbocycles. The van der Waals surface area contributed by atoms with E-state index in [1.54, 1.807) is 7.11 Å². The van der Waals surface area contributed by atoms with Gasteiger partial charge in [-0.3, -0.25) is 9.69 Å². The predicted octanol–water partition coefficient (Wildman–Crippen LogP) is 3.14. The molecule has 1 fully saturated rings. The summed E-state index contributed by atoms with van der Waals surface area (Å²) in [7, 11) is 1.61. The maximum atomic E-state index is 12.4. The molecule has 0 amide bonds. The second kappa shape index (κ2) is 6.71. The molecule has 3 heteroatoms. The molecule has 0 bridgehead atoms. The zero-order chi connectivity index (χ0) is 13.7. The Kier molecular flexibility index (Phi) is 4.97. The number of carbonyl (C=O) groups excluding carboxylic acids is 1. The van der Waals surface area contributed by atoms with Crippen molar-refractivity contribution in [1.29, 1.82) is 0 Å². The molecule has 0 heterocycles. The van der Waals surface area contributed by atoms with Crippen LogP contribution in [0.5, 0.6) is 5.75 Å². The van der Waals surface area contributed by atoms with E-state index in [1.165, 1.54) is 25.7 Å². The molecule has 0 N–H and O–H groups in total. The lowest BCUT2D eigenvalue weighted by molar-refractivity contribution is 0.0896. The highest BCUT2D eigenvalue weighted by molar-refractivity contribution is 6.00. The first-order valence-electron chi connectivity index (χ1n) is 7.16. The number of hydrogen-bond donors (Lipinski definition) is 0. The van der Waals surface area contributed by atoms with Crippen LogP contribution in [0.1, 0.15) is 43.0 Å². The van der Waals surface area contributed by atoms with E-state index in [0.717, 1.165) is 6.54 Å². The number of rotatable bonds is 6. The molecule has 0 aliphatic heterocycles. The van der Waals surface area contributed by atoms with Crippen LogP contribution in [0.25, 0.3) is 0 Å². The Hall–Kier alpha value is -1.35. The topological polar surface area (TPSA) is 29.5 Å². The number of Topliss-reactive ketones (excluding diaryl/α,β-unsaturated/α-hetero) is 1. The number of para-hydroxylation sites is 1. The quantitative estimate of drug-likeness (QED) is 0.737. The van der Waals surface area contributed by atoms with E-state index < -0.39 is 0 Å². The van der Waals surface area contributed by atoms with Crippen LogP contribution in [0.4, 0.5) is 0 Å². The molecule has 0 unspecified atom stereocenters. The molecule has 104 valence electrons. The Balaban J connectivity index is 2.06. The van der Waals surface area contributed by atoms with Crippen molar-refractivity contribution in [1.82, 2.24) is 4.90 Å². The number of methoxy groups -OCH3 is 1. The van der Waals surface area contributed by atoms with Crippen LogP contribution in [0, 0.1) is 0 Å². The molecule has 1 aromatic rings. The van der Waals surface area contributed by atoms with Gasteiger partial charge in [-0.05, 0) is 31.5 Å². The van der Waals surface area contributed by atoms with Crippen molar-refractivity contribution in [3.8, 4) is 5.75 Å². The first-order chi connectivity index (χ1) is 9.26. The Morgan fingerprint density at radius 1 is 1.32 bits per heavy atom.